The van der Waals surface area contributed by atoms with Crippen molar-refractivity contribution in [1.82, 2.24) is 0 Å². The first-order valence-corrected chi connectivity index (χ1v) is 6.78. The average molecular weight is 272 g/mol. The number of aryl methyl sites for hydroxylation is 1. The molecule has 1 aromatic rings. The highest BCUT2D eigenvalue weighted by atomic mass is 16.6. The summed E-state index contributed by atoms with van der Waals surface area (Å²) in [5.41, 5.74) is 1.75. The van der Waals surface area contributed by atoms with Crippen molar-refractivity contribution in [3.63, 3.8) is 0 Å². The fraction of sp³-hybridized carbons (Fsp3) is 0.500. The van der Waals surface area contributed by atoms with E-state index in [0.29, 0.717) is 5.69 Å². The van der Waals surface area contributed by atoms with Crippen LogP contribution in [-0.2, 0) is 10.2 Å². The van der Waals surface area contributed by atoms with Crippen LogP contribution in [0.4, 0.5) is 10.5 Å². The Labute approximate surface area is 119 Å². The molecule has 1 aromatic carbocycles. The molecule has 1 saturated carbocycles. The van der Waals surface area contributed by atoms with Gasteiger partial charge in [-0.2, -0.15) is 5.26 Å². The average Bonchev–Trinajstić information content (AvgIpc) is 3.10. The molecule has 0 spiro atoms. The first-order valence-electron chi connectivity index (χ1n) is 6.78. The smallest absolute Gasteiger partial charge is 0.412 e. The summed E-state index contributed by atoms with van der Waals surface area (Å²) < 4.78 is 5.25. The van der Waals surface area contributed by atoms with Gasteiger partial charge in [0.25, 0.3) is 0 Å². The number of rotatable bonds is 2. The maximum Gasteiger partial charge on any atom is 0.412 e. The third-order valence-corrected chi connectivity index (χ3v) is 3.39. The molecular weight excluding hydrogens is 252 g/mol. The van der Waals surface area contributed by atoms with Gasteiger partial charge in [0.05, 0.1) is 11.5 Å². The number of amides is 1. The quantitative estimate of drug-likeness (QED) is 0.888. The van der Waals surface area contributed by atoms with E-state index in [4.69, 9.17) is 4.74 Å². The summed E-state index contributed by atoms with van der Waals surface area (Å²) in [4.78, 5) is 11.8. The normalized spacial score (nSPS) is 16.1. The van der Waals surface area contributed by atoms with Gasteiger partial charge in [-0.25, -0.2) is 4.79 Å². The number of carbonyl (C=O) groups excluding carboxylic acids is 1. The van der Waals surface area contributed by atoms with E-state index in [1.165, 1.54) is 0 Å². The molecule has 0 radical (unpaired) electrons. The molecular formula is C16H20N2O2. The van der Waals surface area contributed by atoms with Crippen molar-refractivity contribution < 1.29 is 9.53 Å². The largest absolute Gasteiger partial charge is 0.444 e. The SMILES string of the molecule is Cc1ccc(C2(C#N)CC2)cc1NC(=O)OC(C)(C)C. The van der Waals surface area contributed by atoms with Gasteiger partial charge in [0.1, 0.15) is 5.60 Å². The maximum absolute atomic E-state index is 11.8. The van der Waals surface area contributed by atoms with Crippen molar-refractivity contribution in [2.24, 2.45) is 0 Å². The second-order valence-electron chi connectivity index (χ2n) is 6.35. The molecule has 1 fully saturated rings. The standard InChI is InChI=1S/C16H20N2O2/c1-11-5-6-12(16(10-17)7-8-16)9-13(11)18-14(19)20-15(2,3)4/h5-6,9H,7-8H2,1-4H3,(H,18,19). The van der Waals surface area contributed by atoms with Crippen molar-refractivity contribution in [1.29, 1.82) is 5.26 Å². The zero-order valence-electron chi connectivity index (χ0n) is 12.4. The fourth-order valence-electron chi connectivity index (χ4n) is 2.06. The summed E-state index contributed by atoms with van der Waals surface area (Å²) in [6.07, 6.45) is 1.30. The van der Waals surface area contributed by atoms with E-state index >= 15 is 0 Å². The number of ether oxygens (including phenoxy) is 1. The van der Waals surface area contributed by atoms with E-state index in [1.807, 2.05) is 45.9 Å². The van der Waals surface area contributed by atoms with Gasteiger partial charge < -0.3 is 4.74 Å². The lowest BCUT2D eigenvalue weighted by Gasteiger charge is -2.20. The van der Waals surface area contributed by atoms with E-state index in [2.05, 4.69) is 11.4 Å². The molecule has 20 heavy (non-hydrogen) atoms. The Morgan fingerprint density at radius 1 is 1.40 bits per heavy atom. The van der Waals surface area contributed by atoms with Crippen molar-refractivity contribution in [3.05, 3.63) is 29.3 Å². The van der Waals surface area contributed by atoms with Gasteiger partial charge in [-0.15, -0.1) is 0 Å². The number of hydrogen-bond donors (Lipinski definition) is 1. The van der Waals surface area contributed by atoms with Crippen molar-refractivity contribution in [3.8, 4) is 6.07 Å². The topological polar surface area (TPSA) is 62.1 Å². The van der Waals surface area contributed by atoms with Crippen LogP contribution in [0.3, 0.4) is 0 Å². The Balaban J connectivity index is 2.18. The molecule has 1 N–H and O–H groups in total. The third kappa shape index (κ3) is 3.11. The molecule has 2 rings (SSSR count). The van der Waals surface area contributed by atoms with Crippen LogP contribution in [0, 0.1) is 18.3 Å². The monoisotopic (exact) mass is 272 g/mol. The van der Waals surface area contributed by atoms with E-state index < -0.39 is 11.7 Å². The van der Waals surface area contributed by atoms with Crippen LogP contribution in [0.5, 0.6) is 0 Å². The Morgan fingerprint density at radius 2 is 2.05 bits per heavy atom. The molecule has 0 aromatic heterocycles. The van der Waals surface area contributed by atoms with Gasteiger partial charge in [-0.3, -0.25) is 5.32 Å². The lowest BCUT2D eigenvalue weighted by molar-refractivity contribution is 0.0636. The van der Waals surface area contributed by atoms with Gasteiger partial charge in [0.2, 0.25) is 0 Å². The second kappa shape index (κ2) is 4.82. The minimum absolute atomic E-state index is 0.349. The molecule has 0 bridgehead atoms. The summed E-state index contributed by atoms with van der Waals surface area (Å²) >= 11 is 0. The Bertz CT molecular complexity index is 575. The zero-order chi connectivity index (χ0) is 15.0. The first-order chi connectivity index (χ1) is 9.26. The van der Waals surface area contributed by atoms with E-state index in [1.54, 1.807) is 0 Å². The van der Waals surface area contributed by atoms with Crippen LogP contribution in [0.2, 0.25) is 0 Å². The minimum Gasteiger partial charge on any atom is -0.444 e. The Hall–Kier alpha value is -2.02. The van der Waals surface area contributed by atoms with E-state index in [0.717, 1.165) is 24.0 Å². The van der Waals surface area contributed by atoms with Crippen LogP contribution in [-0.4, -0.2) is 11.7 Å². The summed E-state index contributed by atoms with van der Waals surface area (Å²) in [7, 11) is 0. The Morgan fingerprint density at radius 3 is 2.55 bits per heavy atom. The molecule has 0 saturated heterocycles. The number of anilines is 1. The number of nitrogens with one attached hydrogen (secondary N) is 1. The molecule has 1 aliphatic carbocycles. The van der Waals surface area contributed by atoms with Crippen molar-refractivity contribution in [2.45, 2.75) is 51.6 Å². The number of nitrogens with zero attached hydrogens (tertiary/aromatic N) is 1. The molecule has 1 aliphatic rings. The van der Waals surface area contributed by atoms with Crippen LogP contribution >= 0.6 is 0 Å². The molecule has 0 atom stereocenters. The highest BCUT2D eigenvalue weighted by Crippen LogP contribution is 2.48. The maximum atomic E-state index is 11.8. The van der Waals surface area contributed by atoms with Gasteiger partial charge >= 0.3 is 6.09 Å². The summed E-state index contributed by atoms with van der Waals surface area (Å²) in [5, 5.41) is 12.0. The highest BCUT2D eigenvalue weighted by Gasteiger charge is 2.45. The predicted molar refractivity (Wildman–Crippen MR) is 77.6 cm³/mol. The van der Waals surface area contributed by atoms with Crippen LogP contribution < -0.4 is 5.32 Å². The summed E-state index contributed by atoms with van der Waals surface area (Å²) in [6.45, 7) is 7.39. The zero-order valence-corrected chi connectivity index (χ0v) is 12.4. The van der Waals surface area contributed by atoms with Crippen molar-refractivity contribution in [2.75, 3.05) is 5.32 Å². The van der Waals surface area contributed by atoms with Gasteiger partial charge in [0.15, 0.2) is 0 Å². The minimum atomic E-state index is -0.528. The molecule has 106 valence electrons. The van der Waals surface area contributed by atoms with Crippen molar-refractivity contribution >= 4 is 11.8 Å². The predicted octanol–water partition coefficient (Wildman–Crippen LogP) is 3.90. The first kappa shape index (κ1) is 14.4. The molecule has 0 aliphatic heterocycles. The molecule has 1 amide bonds. The molecule has 4 nitrogen and oxygen atoms in total. The van der Waals surface area contributed by atoms with Crippen LogP contribution in [0.1, 0.15) is 44.7 Å². The highest BCUT2D eigenvalue weighted by molar-refractivity contribution is 5.86. The number of carbonyl (C=O) groups is 1. The molecule has 0 unspecified atom stereocenters. The Kier molecular flexibility index (Phi) is 3.47. The third-order valence-electron chi connectivity index (χ3n) is 3.39. The van der Waals surface area contributed by atoms with E-state index in [-0.39, 0.29) is 5.41 Å². The lowest BCUT2D eigenvalue weighted by atomic mass is 9.96. The summed E-state index contributed by atoms with van der Waals surface area (Å²) in [5.74, 6) is 0. The molecule has 0 heterocycles. The second-order valence-corrected chi connectivity index (χ2v) is 6.35. The molecule has 4 heteroatoms. The number of hydrogen-bond acceptors (Lipinski definition) is 3. The van der Waals surface area contributed by atoms with Gasteiger partial charge in [-0.05, 0) is 57.7 Å². The van der Waals surface area contributed by atoms with Gasteiger partial charge in [-0.1, -0.05) is 12.1 Å². The number of benzene rings is 1. The fourth-order valence-corrected chi connectivity index (χ4v) is 2.06. The number of nitriles is 1. The van der Waals surface area contributed by atoms with Crippen LogP contribution in [0.25, 0.3) is 0 Å². The van der Waals surface area contributed by atoms with Gasteiger partial charge in [0, 0.05) is 5.69 Å². The lowest BCUT2D eigenvalue weighted by Crippen LogP contribution is -2.27. The summed E-state index contributed by atoms with van der Waals surface area (Å²) in [6, 6.07) is 8.14. The van der Waals surface area contributed by atoms with E-state index in [9.17, 15) is 10.1 Å². The van der Waals surface area contributed by atoms with Crippen LogP contribution in [0.15, 0.2) is 18.2 Å².